The molecule has 1 aromatic carbocycles. The fourth-order valence-corrected chi connectivity index (χ4v) is 2.12. The van der Waals surface area contributed by atoms with Crippen LogP contribution in [-0.4, -0.2) is 37.9 Å². The van der Waals surface area contributed by atoms with Crippen LogP contribution in [0.2, 0.25) is 0 Å². The van der Waals surface area contributed by atoms with Crippen molar-refractivity contribution in [1.82, 2.24) is 0 Å². The Morgan fingerprint density at radius 2 is 1.70 bits per heavy atom. The Balaban J connectivity index is 0.000000796. The lowest BCUT2D eigenvalue weighted by molar-refractivity contribution is -0.300. The van der Waals surface area contributed by atoms with Crippen LogP contribution >= 0.6 is 0 Å². The maximum absolute atomic E-state index is 11.6. The van der Waals surface area contributed by atoms with Gasteiger partial charge in [-0.25, -0.2) is 0 Å². The van der Waals surface area contributed by atoms with E-state index in [4.69, 9.17) is 10.2 Å². The molecular formula is C13H19O6S-. The lowest BCUT2D eigenvalue weighted by atomic mass is 10.2. The molecule has 0 amide bonds. The zero-order chi connectivity index (χ0) is 15.8. The van der Waals surface area contributed by atoms with Crippen LogP contribution in [0.1, 0.15) is 12.5 Å². The number of allylic oxidation sites excluding steroid dienone is 1. The molecule has 0 unspecified atom stereocenters. The predicted octanol–water partition coefficient (Wildman–Crippen LogP) is -0.0662. The summed E-state index contributed by atoms with van der Waals surface area (Å²) >= 11 is 0. The zero-order valence-corrected chi connectivity index (χ0v) is 12.3. The first kappa shape index (κ1) is 18.6. The molecule has 0 aromatic heterocycles. The Morgan fingerprint density at radius 3 is 2.05 bits per heavy atom. The number of benzene rings is 1. The zero-order valence-electron chi connectivity index (χ0n) is 11.4. The van der Waals surface area contributed by atoms with E-state index in [1.165, 1.54) is 19.1 Å². The van der Waals surface area contributed by atoms with Crippen molar-refractivity contribution in [2.45, 2.75) is 24.8 Å². The number of aliphatic hydroxyl groups excluding tert-OH is 2. The third kappa shape index (κ3) is 7.25. The first-order valence-electron chi connectivity index (χ1n) is 5.77. The van der Waals surface area contributed by atoms with Crippen molar-refractivity contribution in [3.8, 4) is 0 Å². The summed E-state index contributed by atoms with van der Waals surface area (Å²) in [5, 5.41) is 26.8. The highest BCUT2D eigenvalue weighted by molar-refractivity contribution is 7.86. The molecule has 0 radical (unpaired) electrons. The molecule has 0 heterocycles. The summed E-state index contributed by atoms with van der Waals surface area (Å²) in [6.45, 7) is 5.14. The standard InChI is InChI=1S/C10H14O5S.C3H6O/c1-8-2-4-10(5-3-8)16(13,14)15-9(6-11)7-12;1-3(2)4/h2-5,9,11-12H,6-7H2,1H3;4H,1H2,2H3/p-1. The molecule has 20 heavy (non-hydrogen) atoms. The molecule has 7 heteroatoms. The Labute approximate surface area is 119 Å². The molecule has 0 aliphatic rings. The first-order valence-corrected chi connectivity index (χ1v) is 7.18. The van der Waals surface area contributed by atoms with Crippen molar-refractivity contribution >= 4 is 10.1 Å². The monoisotopic (exact) mass is 303 g/mol. The number of hydrogen-bond donors (Lipinski definition) is 2. The molecule has 0 atom stereocenters. The van der Waals surface area contributed by atoms with Gasteiger partial charge in [0.25, 0.3) is 10.1 Å². The summed E-state index contributed by atoms with van der Waals surface area (Å²) < 4.78 is 27.9. The predicted molar refractivity (Wildman–Crippen MR) is 72.2 cm³/mol. The van der Waals surface area contributed by atoms with E-state index in [9.17, 15) is 13.5 Å². The highest BCUT2D eigenvalue weighted by Crippen LogP contribution is 2.14. The van der Waals surface area contributed by atoms with Gasteiger partial charge in [0.05, 0.1) is 18.1 Å². The maximum atomic E-state index is 11.6. The lowest BCUT2D eigenvalue weighted by Gasteiger charge is -2.12. The molecule has 0 aliphatic carbocycles. The average Bonchev–Trinajstić information content (AvgIpc) is 2.36. The van der Waals surface area contributed by atoms with Crippen LogP contribution in [0.15, 0.2) is 41.5 Å². The first-order chi connectivity index (χ1) is 9.22. The third-order valence-electron chi connectivity index (χ3n) is 1.98. The SMILES string of the molecule is C=C(C)[O-].Cc1ccc(S(=O)(=O)OC(CO)CO)cc1. The summed E-state index contributed by atoms with van der Waals surface area (Å²) in [5.74, 6) is -0.0833. The number of aryl methyl sites for hydroxylation is 1. The van der Waals surface area contributed by atoms with Crippen LogP contribution in [0.5, 0.6) is 0 Å². The fourth-order valence-electron chi connectivity index (χ4n) is 1.06. The molecular weight excluding hydrogens is 284 g/mol. The summed E-state index contributed by atoms with van der Waals surface area (Å²) in [4.78, 5) is 0.00463. The Hall–Kier alpha value is -1.41. The molecule has 0 aliphatic heterocycles. The molecule has 0 fully saturated rings. The van der Waals surface area contributed by atoms with Crippen LogP contribution in [0, 0.1) is 6.92 Å². The van der Waals surface area contributed by atoms with Gasteiger partial charge in [0.15, 0.2) is 0 Å². The van der Waals surface area contributed by atoms with Crippen LogP contribution in [0.4, 0.5) is 0 Å². The second kappa shape index (κ2) is 8.70. The van der Waals surface area contributed by atoms with Gasteiger partial charge in [-0.1, -0.05) is 24.6 Å². The highest BCUT2D eigenvalue weighted by Gasteiger charge is 2.20. The van der Waals surface area contributed by atoms with Gasteiger partial charge >= 0.3 is 0 Å². The molecule has 0 spiro atoms. The molecule has 114 valence electrons. The molecule has 6 nitrogen and oxygen atoms in total. The molecule has 2 N–H and O–H groups in total. The summed E-state index contributed by atoms with van der Waals surface area (Å²) in [5.41, 5.74) is 0.930. The third-order valence-corrected chi connectivity index (χ3v) is 3.35. The fraction of sp³-hybridized carbons (Fsp3) is 0.385. The summed E-state index contributed by atoms with van der Waals surface area (Å²) in [6, 6.07) is 6.11. The van der Waals surface area contributed by atoms with E-state index in [2.05, 4.69) is 10.8 Å². The smallest absolute Gasteiger partial charge is 0.297 e. The van der Waals surface area contributed by atoms with E-state index in [1.54, 1.807) is 12.1 Å². The second-order valence-corrected chi connectivity index (χ2v) is 5.62. The van der Waals surface area contributed by atoms with Gasteiger partial charge in [-0.2, -0.15) is 8.42 Å². The van der Waals surface area contributed by atoms with Crippen molar-refractivity contribution in [1.29, 1.82) is 0 Å². The average molecular weight is 303 g/mol. The molecule has 0 bridgehead atoms. The molecule has 0 saturated heterocycles. The molecule has 1 rings (SSSR count). The lowest BCUT2D eigenvalue weighted by Crippen LogP contribution is -2.25. The largest absolute Gasteiger partial charge is 0.876 e. The van der Waals surface area contributed by atoms with E-state index in [-0.39, 0.29) is 10.7 Å². The van der Waals surface area contributed by atoms with Gasteiger partial charge in [-0.05, 0) is 19.1 Å². The highest BCUT2D eigenvalue weighted by atomic mass is 32.2. The van der Waals surface area contributed by atoms with Gasteiger partial charge in [-0.3, -0.25) is 4.18 Å². The van der Waals surface area contributed by atoms with Crippen molar-refractivity contribution in [3.05, 3.63) is 42.2 Å². The minimum atomic E-state index is -3.92. The van der Waals surface area contributed by atoms with E-state index < -0.39 is 29.4 Å². The van der Waals surface area contributed by atoms with Gasteiger partial charge in [0.2, 0.25) is 0 Å². The number of hydrogen-bond acceptors (Lipinski definition) is 6. The van der Waals surface area contributed by atoms with Gasteiger partial charge < -0.3 is 15.3 Å². The minimum absolute atomic E-state index is 0.00463. The van der Waals surface area contributed by atoms with Crippen LogP contribution in [0.25, 0.3) is 0 Å². The molecule has 0 saturated carbocycles. The van der Waals surface area contributed by atoms with Gasteiger partial charge in [-0.15, -0.1) is 12.3 Å². The van der Waals surface area contributed by atoms with Crippen molar-refractivity contribution in [2.24, 2.45) is 0 Å². The summed E-state index contributed by atoms with van der Waals surface area (Å²) in [7, 11) is -3.92. The van der Waals surface area contributed by atoms with Crippen molar-refractivity contribution < 1.29 is 27.9 Å². The van der Waals surface area contributed by atoms with Crippen molar-refractivity contribution in [2.75, 3.05) is 13.2 Å². The number of rotatable bonds is 5. The van der Waals surface area contributed by atoms with Gasteiger partial charge in [0.1, 0.15) is 6.10 Å². The normalized spacial score (nSPS) is 10.8. The second-order valence-electron chi connectivity index (χ2n) is 4.05. The van der Waals surface area contributed by atoms with E-state index in [1.807, 2.05) is 6.92 Å². The van der Waals surface area contributed by atoms with Gasteiger partial charge in [0, 0.05) is 0 Å². The Morgan fingerprint density at radius 1 is 1.30 bits per heavy atom. The number of aliphatic hydroxyl groups is 2. The Bertz CT molecular complexity index is 498. The van der Waals surface area contributed by atoms with E-state index in [0.29, 0.717) is 0 Å². The topological polar surface area (TPSA) is 107 Å². The molecule has 1 aromatic rings. The van der Waals surface area contributed by atoms with E-state index in [0.717, 1.165) is 5.56 Å². The van der Waals surface area contributed by atoms with Crippen LogP contribution in [-0.2, 0) is 14.3 Å². The van der Waals surface area contributed by atoms with Crippen LogP contribution in [0.3, 0.4) is 0 Å². The van der Waals surface area contributed by atoms with E-state index >= 15 is 0 Å². The Kier molecular flexibility index (Phi) is 8.09. The minimum Gasteiger partial charge on any atom is -0.876 e. The van der Waals surface area contributed by atoms with Crippen LogP contribution < -0.4 is 5.11 Å². The summed E-state index contributed by atoms with van der Waals surface area (Å²) in [6.07, 6.45) is -1.12. The maximum Gasteiger partial charge on any atom is 0.297 e. The quantitative estimate of drug-likeness (QED) is 0.582. The van der Waals surface area contributed by atoms with Crippen molar-refractivity contribution in [3.63, 3.8) is 0 Å².